The van der Waals surface area contributed by atoms with Crippen molar-refractivity contribution < 1.29 is 80.2 Å². The first-order chi connectivity index (χ1) is 46.4. The maximum absolute atomic E-state index is 13.1. The number of hydrogen-bond acceptors (Lipinski definition) is 15. The Kier molecular flexibility index (Phi) is 67.4. The number of carbonyl (C=O) groups excluding carboxylic acids is 4. The number of carbonyl (C=O) groups is 4. The van der Waals surface area contributed by atoms with Crippen molar-refractivity contribution in [1.82, 2.24) is 0 Å². The second-order valence-corrected chi connectivity index (χ2v) is 31.6. The number of aliphatic hydroxyl groups is 1. The van der Waals surface area contributed by atoms with Crippen LogP contribution < -0.4 is 0 Å². The monoisotopic (exact) mass is 1410 g/mol. The number of aliphatic hydroxyl groups excluding tert-OH is 1. The van der Waals surface area contributed by atoms with Crippen LogP contribution in [0.15, 0.2) is 0 Å². The Morgan fingerprint density at radius 3 is 0.708 bits per heavy atom. The van der Waals surface area contributed by atoms with Crippen LogP contribution in [0.1, 0.15) is 401 Å². The van der Waals surface area contributed by atoms with Crippen molar-refractivity contribution in [2.75, 3.05) is 39.6 Å². The molecule has 0 saturated heterocycles. The molecule has 2 unspecified atom stereocenters. The molecule has 0 aliphatic rings. The first-order valence-corrected chi connectivity index (χ1v) is 43.0. The molecule has 19 heteroatoms. The molecule has 0 aromatic carbocycles. The molecule has 0 bridgehead atoms. The minimum atomic E-state index is -4.96. The van der Waals surface area contributed by atoms with Crippen molar-refractivity contribution in [1.29, 1.82) is 0 Å². The number of ether oxygens (including phenoxy) is 4. The van der Waals surface area contributed by atoms with Gasteiger partial charge >= 0.3 is 39.5 Å². The fourth-order valence-corrected chi connectivity index (χ4v) is 13.4. The topological polar surface area (TPSA) is 237 Å². The van der Waals surface area contributed by atoms with Crippen molar-refractivity contribution in [3.63, 3.8) is 0 Å². The van der Waals surface area contributed by atoms with Gasteiger partial charge in [0.1, 0.15) is 19.3 Å². The standard InChI is InChI=1S/C77H150O17P2/c1-7-9-11-13-15-17-18-24-32-37-43-49-55-61-76(81)93-72(65-87-74(79)59-53-47-41-16-14-12-10-8-2)67-91-95(83,84)89-63-71(78)64-90-96(85,86)92-68-73(66-88-75(80)60-54-48-42-36-31-27-23-22-26-30-35-40-46-52-58-70(5)6)94-77(82)62-56-50-44-38-33-28-21-19-20-25-29-34-39-45-51-57-69(3)4/h69-73,78H,7-68H2,1-6H3,(H,83,84)(H,85,86)/t71-,72+,73+/m0/s1. The van der Waals surface area contributed by atoms with Gasteiger partial charge in [-0.2, -0.15) is 0 Å². The van der Waals surface area contributed by atoms with Crippen LogP contribution >= 0.6 is 15.6 Å². The van der Waals surface area contributed by atoms with E-state index in [4.69, 9.17) is 37.0 Å². The molecular formula is C77H150O17P2. The number of phosphoric acid groups is 2. The zero-order valence-corrected chi connectivity index (χ0v) is 64.5. The molecule has 0 aromatic rings. The smallest absolute Gasteiger partial charge is 0.462 e. The van der Waals surface area contributed by atoms with Gasteiger partial charge in [-0.1, -0.05) is 350 Å². The van der Waals surface area contributed by atoms with Crippen LogP contribution in [0.2, 0.25) is 0 Å². The predicted octanol–water partition coefficient (Wildman–Crippen LogP) is 22.7. The minimum absolute atomic E-state index is 0.108. The summed E-state index contributed by atoms with van der Waals surface area (Å²) in [6.07, 6.45) is 56.8. The highest BCUT2D eigenvalue weighted by atomic mass is 31.2. The molecule has 0 rings (SSSR count). The van der Waals surface area contributed by atoms with Crippen LogP contribution in [0, 0.1) is 11.8 Å². The molecule has 17 nitrogen and oxygen atoms in total. The maximum Gasteiger partial charge on any atom is 0.472 e. The van der Waals surface area contributed by atoms with Gasteiger partial charge in [0.05, 0.1) is 26.4 Å². The van der Waals surface area contributed by atoms with Gasteiger partial charge in [0.25, 0.3) is 0 Å². The maximum atomic E-state index is 13.1. The number of phosphoric ester groups is 2. The van der Waals surface area contributed by atoms with Crippen molar-refractivity contribution in [3.8, 4) is 0 Å². The first kappa shape index (κ1) is 94.1. The number of hydrogen-bond donors (Lipinski definition) is 3. The van der Waals surface area contributed by atoms with E-state index in [-0.39, 0.29) is 25.7 Å². The van der Waals surface area contributed by atoms with Gasteiger partial charge in [0.2, 0.25) is 0 Å². The van der Waals surface area contributed by atoms with Crippen LogP contribution in [0.4, 0.5) is 0 Å². The second kappa shape index (κ2) is 68.8. The molecule has 0 aliphatic heterocycles. The Labute approximate surface area is 588 Å². The highest BCUT2D eigenvalue weighted by Gasteiger charge is 2.30. The number of rotatable bonds is 76. The van der Waals surface area contributed by atoms with E-state index in [0.29, 0.717) is 25.7 Å². The van der Waals surface area contributed by atoms with Crippen LogP contribution in [0.25, 0.3) is 0 Å². The van der Waals surface area contributed by atoms with Crippen molar-refractivity contribution >= 4 is 39.5 Å². The third-order valence-corrected chi connectivity index (χ3v) is 19.9. The molecule has 0 amide bonds. The number of unbranched alkanes of at least 4 members (excludes halogenated alkanes) is 46. The average molecular weight is 1410 g/mol. The van der Waals surface area contributed by atoms with Gasteiger partial charge in [-0.25, -0.2) is 9.13 Å². The summed E-state index contributed by atoms with van der Waals surface area (Å²) >= 11 is 0. The van der Waals surface area contributed by atoms with Gasteiger partial charge in [-0.3, -0.25) is 37.3 Å². The van der Waals surface area contributed by atoms with E-state index >= 15 is 0 Å². The van der Waals surface area contributed by atoms with E-state index < -0.39 is 97.5 Å². The predicted molar refractivity (Wildman–Crippen MR) is 391 cm³/mol. The normalized spacial score (nSPS) is 14.0. The third kappa shape index (κ3) is 70.5. The summed E-state index contributed by atoms with van der Waals surface area (Å²) in [7, 11) is -9.91. The minimum Gasteiger partial charge on any atom is -0.462 e. The van der Waals surface area contributed by atoms with Crippen molar-refractivity contribution in [3.05, 3.63) is 0 Å². The summed E-state index contributed by atoms with van der Waals surface area (Å²) < 4.78 is 68.5. The molecule has 0 spiro atoms. The Bertz CT molecular complexity index is 1860. The van der Waals surface area contributed by atoms with Crippen molar-refractivity contribution in [2.24, 2.45) is 11.8 Å². The lowest BCUT2D eigenvalue weighted by atomic mass is 10.0. The van der Waals surface area contributed by atoms with Gasteiger partial charge in [0.15, 0.2) is 12.2 Å². The van der Waals surface area contributed by atoms with Gasteiger partial charge < -0.3 is 33.8 Å². The van der Waals surface area contributed by atoms with E-state index in [1.54, 1.807) is 0 Å². The van der Waals surface area contributed by atoms with E-state index in [0.717, 1.165) is 108 Å². The third-order valence-electron chi connectivity index (χ3n) is 18.0. The Morgan fingerprint density at radius 2 is 0.479 bits per heavy atom. The summed E-state index contributed by atoms with van der Waals surface area (Å²) in [5.41, 5.74) is 0. The van der Waals surface area contributed by atoms with E-state index in [1.165, 1.54) is 212 Å². The lowest BCUT2D eigenvalue weighted by Gasteiger charge is -2.21. The molecule has 0 fully saturated rings. The molecule has 570 valence electrons. The summed E-state index contributed by atoms with van der Waals surface area (Å²) in [4.78, 5) is 72.8. The van der Waals surface area contributed by atoms with Crippen LogP contribution in [-0.2, 0) is 65.4 Å². The van der Waals surface area contributed by atoms with Gasteiger partial charge in [-0.05, 0) is 37.5 Å². The number of esters is 4. The summed E-state index contributed by atoms with van der Waals surface area (Å²) in [5.74, 6) is -0.513. The fraction of sp³-hybridized carbons (Fsp3) is 0.948. The molecule has 5 atom stereocenters. The van der Waals surface area contributed by atoms with Gasteiger partial charge in [0, 0.05) is 25.7 Å². The molecule has 3 N–H and O–H groups in total. The SMILES string of the molecule is CCCCCCCCCCCCCCCC(=O)O[C@H](COC(=O)CCCCCCCCCC)COP(=O)(O)OC[C@H](O)COP(=O)(O)OC[C@@H](COC(=O)CCCCCCCCCCCCCCCCC(C)C)OC(=O)CCCCCCCCCCCCCCCCCC(C)C. The van der Waals surface area contributed by atoms with E-state index in [9.17, 15) is 43.2 Å². The zero-order valence-electron chi connectivity index (χ0n) is 62.7. The lowest BCUT2D eigenvalue weighted by molar-refractivity contribution is -0.161. The van der Waals surface area contributed by atoms with Crippen LogP contribution in [-0.4, -0.2) is 96.7 Å². The molecule has 0 radical (unpaired) electrons. The molecule has 0 aliphatic carbocycles. The van der Waals surface area contributed by atoms with Crippen LogP contribution in [0.5, 0.6) is 0 Å². The van der Waals surface area contributed by atoms with E-state index in [1.807, 2.05) is 0 Å². The quantitative estimate of drug-likeness (QED) is 0.0222. The summed E-state index contributed by atoms with van der Waals surface area (Å²) in [6.45, 7) is 9.63. The average Bonchev–Trinajstić information content (AvgIpc) is 3.27. The molecule has 0 aromatic heterocycles. The zero-order chi connectivity index (χ0) is 70.7. The Balaban J connectivity index is 5.21. The summed E-state index contributed by atoms with van der Waals surface area (Å²) in [6, 6.07) is 0. The highest BCUT2D eigenvalue weighted by Crippen LogP contribution is 2.45. The Morgan fingerprint density at radius 1 is 0.281 bits per heavy atom. The van der Waals surface area contributed by atoms with E-state index in [2.05, 4.69) is 41.5 Å². The van der Waals surface area contributed by atoms with Crippen molar-refractivity contribution in [2.45, 2.75) is 419 Å². The molecule has 0 saturated carbocycles. The largest absolute Gasteiger partial charge is 0.472 e. The Hall–Kier alpha value is -1.94. The highest BCUT2D eigenvalue weighted by molar-refractivity contribution is 7.47. The fourth-order valence-electron chi connectivity index (χ4n) is 11.8. The molecule has 0 heterocycles. The lowest BCUT2D eigenvalue weighted by Crippen LogP contribution is -2.30. The molecular weight excluding hydrogens is 1260 g/mol. The molecule has 96 heavy (non-hydrogen) atoms. The second-order valence-electron chi connectivity index (χ2n) is 28.7. The first-order valence-electron chi connectivity index (χ1n) is 40.0. The van der Waals surface area contributed by atoms with Gasteiger partial charge in [-0.15, -0.1) is 0 Å². The summed E-state index contributed by atoms with van der Waals surface area (Å²) in [5, 5.41) is 10.6. The van der Waals surface area contributed by atoms with Crippen LogP contribution in [0.3, 0.4) is 0 Å².